The Bertz CT molecular complexity index is 118. The number of hydrogen-bond acceptors (Lipinski definition) is 4. The smallest absolute Gasteiger partial charge is 0.304 e. The van der Waals surface area contributed by atoms with Gasteiger partial charge in [-0.25, -0.2) is 0 Å². The predicted octanol–water partition coefficient (Wildman–Crippen LogP) is -1.66. The van der Waals surface area contributed by atoms with Gasteiger partial charge in [0.25, 0.3) is 0 Å². The van der Waals surface area contributed by atoms with Crippen molar-refractivity contribution in [3.63, 3.8) is 0 Å². The molecule has 5 heteroatoms. The second kappa shape index (κ2) is 6.09. The van der Waals surface area contributed by atoms with Crippen molar-refractivity contribution in [2.75, 3.05) is 19.6 Å². The zero-order valence-electron chi connectivity index (χ0n) is 6.42. The largest absolute Gasteiger partial charge is 0.481 e. The Hall–Kier alpha value is -0.650. The van der Waals surface area contributed by atoms with Crippen molar-refractivity contribution in [3.05, 3.63) is 0 Å². The normalized spacial score (nSPS) is 12.9. The molecule has 0 aliphatic heterocycles. The lowest BCUT2D eigenvalue weighted by Crippen LogP contribution is -2.40. The molecule has 0 radical (unpaired) electrons. The zero-order chi connectivity index (χ0) is 8.69. The number of hydrogen-bond donors (Lipinski definition) is 4. The molecule has 1 unspecified atom stereocenters. The van der Waals surface area contributed by atoms with Crippen molar-refractivity contribution in [2.24, 2.45) is 11.5 Å². The van der Waals surface area contributed by atoms with Crippen LogP contribution in [-0.4, -0.2) is 36.8 Å². The molecule has 0 amide bonds. The molecule has 0 aromatic carbocycles. The van der Waals surface area contributed by atoms with E-state index in [1.54, 1.807) is 0 Å². The van der Waals surface area contributed by atoms with Crippen LogP contribution in [0.2, 0.25) is 0 Å². The minimum atomic E-state index is -0.843. The first kappa shape index (κ1) is 10.3. The van der Waals surface area contributed by atoms with E-state index in [1.165, 1.54) is 0 Å². The monoisotopic (exact) mass is 161 g/mol. The molecule has 5 nitrogen and oxygen atoms in total. The summed E-state index contributed by atoms with van der Waals surface area (Å²) in [5.74, 6) is -0.843. The van der Waals surface area contributed by atoms with Crippen molar-refractivity contribution in [1.29, 1.82) is 0 Å². The van der Waals surface area contributed by atoms with Crippen LogP contribution in [0.3, 0.4) is 0 Å². The first-order valence-electron chi connectivity index (χ1n) is 3.56. The lowest BCUT2D eigenvalue weighted by atomic mass is 10.2. The standard InChI is InChI=1S/C6H15N3O2/c7-1-2-9-5(4-8)3-6(10)11/h5,9H,1-4,7-8H2,(H,10,11). The van der Waals surface area contributed by atoms with Gasteiger partial charge in [-0.2, -0.15) is 0 Å². The fraction of sp³-hybridized carbons (Fsp3) is 0.833. The van der Waals surface area contributed by atoms with E-state index in [1.807, 2.05) is 0 Å². The van der Waals surface area contributed by atoms with Gasteiger partial charge in [0.1, 0.15) is 0 Å². The minimum Gasteiger partial charge on any atom is -0.481 e. The molecular formula is C6H15N3O2. The summed E-state index contributed by atoms with van der Waals surface area (Å²) in [5, 5.41) is 11.3. The van der Waals surface area contributed by atoms with E-state index in [4.69, 9.17) is 16.6 Å². The van der Waals surface area contributed by atoms with Crippen LogP contribution in [0.1, 0.15) is 6.42 Å². The van der Waals surface area contributed by atoms with E-state index in [2.05, 4.69) is 5.32 Å². The molecule has 0 aliphatic carbocycles. The average molecular weight is 161 g/mol. The first-order valence-corrected chi connectivity index (χ1v) is 3.56. The predicted molar refractivity (Wildman–Crippen MR) is 42.2 cm³/mol. The second-order valence-electron chi connectivity index (χ2n) is 2.27. The fourth-order valence-corrected chi connectivity index (χ4v) is 0.737. The van der Waals surface area contributed by atoms with Crippen LogP contribution < -0.4 is 16.8 Å². The highest BCUT2D eigenvalue weighted by Crippen LogP contribution is 1.87. The Morgan fingerprint density at radius 2 is 2.18 bits per heavy atom. The molecule has 0 heterocycles. The van der Waals surface area contributed by atoms with E-state index in [9.17, 15) is 4.79 Å². The molecule has 0 spiro atoms. The Morgan fingerprint density at radius 3 is 2.55 bits per heavy atom. The maximum atomic E-state index is 10.2. The van der Waals surface area contributed by atoms with Crippen molar-refractivity contribution >= 4 is 5.97 Å². The molecule has 0 aliphatic rings. The van der Waals surface area contributed by atoms with Gasteiger partial charge < -0.3 is 21.9 Å². The molecule has 0 saturated heterocycles. The van der Waals surface area contributed by atoms with E-state index in [0.29, 0.717) is 19.6 Å². The van der Waals surface area contributed by atoms with Gasteiger partial charge in [0, 0.05) is 25.7 Å². The van der Waals surface area contributed by atoms with Crippen LogP contribution in [-0.2, 0) is 4.79 Å². The molecule has 0 bridgehead atoms. The van der Waals surface area contributed by atoms with Gasteiger partial charge in [-0.1, -0.05) is 0 Å². The summed E-state index contributed by atoms with van der Waals surface area (Å²) in [6.07, 6.45) is 0.0521. The summed E-state index contributed by atoms with van der Waals surface area (Å²) in [6.45, 7) is 1.43. The summed E-state index contributed by atoms with van der Waals surface area (Å²) < 4.78 is 0. The highest BCUT2D eigenvalue weighted by atomic mass is 16.4. The van der Waals surface area contributed by atoms with Crippen molar-refractivity contribution < 1.29 is 9.90 Å². The average Bonchev–Trinajstić information content (AvgIpc) is 1.97. The Labute approximate surface area is 65.7 Å². The minimum absolute atomic E-state index is 0.0521. The number of carbonyl (C=O) groups is 1. The van der Waals surface area contributed by atoms with Gasteiger partial charge >= 0.3 is 5.97 Å². The molecule has 0 aromatic heterocycles. The number of carboxylic acid groups (broad SMARTS) is 1. The molecule has 6 N–H and O–H groups in total. The SMILES string of the molecule is NCCNC(CN)CC(=O)O. The highest BCUT2D eigenvalue weighted by molar-refractivity contribution is 5.67. The van der Waals surface area contributed by atoms with Crippen LogP contribution in [0.25, 0.3) is 0 Å². The first-order chi connectivity index (χ1) is 5.20. The van der Waals surface area contributed by atoms with Crippen LogP contribution in [0.15, 0.2) is 0 Å². The number of aliphatic carboxylic acids is 1. The lowest BCUT2D eigenvalue weighted by Gasteiger charge is -2.12. The fourth-order valence-electron chi connectivity index (χ4n) is 0.737. The maximum Gasteiger partial charge on any atom is 0.304 e. The second-order valence-corrected chi connectivity index (χ2v) is 2.27. The molecule has 0 rings (SSSR count). The number of nitrogens with one attached hydrogen (secondary N) is 1. The van der Waals surface area contributed by atoms with Gasteiger partial charge in [-0.15, -0.1) is 0 Å². The van der Waals surface area contributed by atoms with Gasteiger partial charge in [0.15, 0.2) is 0 Å². The van der Waals surface area contributed by atoms with Gasteiger partial charge in [0.2, 0.25) is 0 Å². The molecule has 0 saturated carbocycles. The third-order valence-corrected chi connectivity index (χ3v) is 1.28. The maximum absolute atomic E-state index is 10.2. The van der Waals surface area contributed by atoms with Crippen molar-refractivity contribution in [3.8, 4) is 0 Å². The Kier molecular flexibility index (Phi) is 5.73. The summed E-state index contributed by atoms with van der Waals surface area (Å²) >= 11 is 0. The van der Waals surface area contributed by atoms with Gasteiger partial charge in [-0.3, -0.25) is 4.79 Å². The van der Waals surface area contributed by atoms with E-state index >= 15 is 0 Å². The van der Waals surface area contributed by atoms with Crippen molar-refractivity contribution in [2.45, 2.75) is 12.5 Å². The summed E-state index contributed by atoms with van der Waals surface area (Å²) in [6, 6.07) is -0.156. The Balaban J connectivity index is 3.49. The highest BCUT2D eigenvalue weighted by Gasteiger charge is 2.08. The molecule has 66 valence electrons. The zero-order valence-corrected chi connectivity index (χ0v) is 6.42. The van der Waals surface area contributed by atoms with Gasteiger partial charge in [-0.05, 0) is 0 Å². The lowest BCUT2D eigenvalue weighted by molar-refractivity contribution is -0.137. The third kappa shape index (κ3) is 5.78. The molecular weight excluding hydrogens is 146 g/mol. The van der Waals surface area contributed by atoms with Crippen LogP contribution in [0.4, 0.5) is 0 Å². The van der Waals surface area contributed by atoms with Crippen LogP contribution >= 0.6 is 0 Å². The number of carboxylic acids is 1. The molecule has 1 atom stereocenters. The quantitative estimate of drug-likeness (QED) is 0.373. The van der Waals surface area contributed by atoms with Crippen LogP contribution in [0, 0.1) is 0 Å². The third-order valence-electron chi connectivity index (χ3n) is 1.28. The van der Waals surface area contributed by atoms with E-state index < -0.39 is 5.97 Å². The summed E-state index contributed by atoms with van der Waals surface area (Å²) in [7, 11) is 0. The molecule has 0 fully saturated rings. The topological polar surface area (TPSA) is 101 Å². The van der Waals surface area contributed by atoms with Gasteiger partial charge in [0.05, 0.1) is 6.42 Å². The van der Waals surface area contributed by atoms with Crippen LogP contribution in [0.5, 0.6) is 0 Å². The Morgan fingerprint density at radius 1 is 1.55 bits per heavy atom. The number of rotatable bonds is 6. The molecule has 11 heavy (non-hydrogen) atoms. The molecule has 0 aromatic rings. The van der Waals surface area contributed by atoms with E-state index in [-0.39, 0.29) is 12.5 Å². The van der Waals surface area contributed by atoms with E-state index in [0.717, 1.165) is 0 Å². The van der Waals surface area contributed by atoms with Crippen molar-refractivity contribution in [1.82, 2.24) is 5.32 Å². The number of nitrogens with two attached hydrogens (primary N) is 2. The summed E-state index contributed by atoms with van der Waals surface area (Å²) in [4.78, 5) is 10.2. The summed E-state index contributed by atoms with van der Waals surface area (Å²) in [5.41, 5.74) is 10.5.